The Morgan fingerprint density at radius 2 is 2.16 bits per heavy atom. The van der Waals surface area contributed by atoms with Gasteiger partial charge < -0.3 is 10.6 Å². The van der Waals surface area contributed by atoms with Crippen LogP contribution in [0.25, 0.3) is 0 Å². The highest BCUT2D eigenvalue weighted by Crippen LogP contribution is 2.35. The van der Waals surface area contributed by atoms with Crippen LogP contribution in [0.3, 0.4) is 0 Å². The second-order valence-electron chi connectivity index (χ2n) is 6.85. The van der Waals surface area contributed by atoms with E-state index in [1.807, 2.05) is 24.0 Å². The number of likely N-dealkylation sites (tertiary alicyclic amines) is 1. The average Bonchev–Trinajstić information content (AvgIpc) is 3.01. The highest BCUT2D eigenvalue weighted by molar-refractivity contribution is 5.91. The second-order valence-corrected chi connectivity index (χ2v) is 6.85. The van der Waals surface area contributed by atoms with Crippen LogP contribution in [0.4, 0.5) is 5.69 Å². The molecule has 0 bridgehead atoms. The van der Waals surface area contributed by atoms with Gasteiger partial charge >= 0.3 is 0 Å². The predicted octanol–water partition coefficient (Wildman–Crippen LogP) is 1.43. The van der Waals surface area contributed by atoms with Crippen molar-refractivity contribution in [2.24, 2.45) is 18.7 Å². The molecule has 3 rings (SSSR count). The molecule has 7 nitrogen and oxygen atoms in total. The fourth-order valence-electron chi connectivity index (χ4n) is 3.84. The zero-order chi connectivity index (χ0) is 18.0. The van der Waals surface area contributed by atoms with Gasteiger partial charge in [-0.05, 0) is 50.6 Å². The van der Waals surface area contributed by atoms with Gasteiger partial charge in [0.05, 0.1) is 11.7 Å². The number of carbonyl (C=O) groups is 1. The molecule has 0 unspecified atom stereocenters. The first-order valence-electron chi connectivity index (χ1n) is 8.62. The van der Waals surface area contributed by atoms with Gasteiger partial charge in [-0.15, -0.1) is 0 Å². The Balaban J connectivity index is 1.81. The first-order chi connectivity index (χ1) is 12.0. The van der Waals surface area contributed by atoms with Gasteiger partial charge in [-0.3, -0.25) is 19.4 Å². The Kier molecular flexibility index (Phi) is 5.03. The van der Waals surface area contributed by atoms with Crippen molar-refractivity contribution < 1.29 is 4.79 Å². The van der Waals surface area contributed by atoms with Gasteiger partial charge in [0.15, 0.2) is 0 Å². The molecule has 1 amide bonds. The highest BCUT2D eigenvalue weighted by atomic mass is 16.1. The first-order valence-corrected chi connectivity index (χ1v) is 8.62. The van der Waals surface area contributed by atoms with Crippen LogP contribution in [0.2, 0.25) is 0 Å². The Labute approximate surface area is 148 Å². The summed E-state index contributed by atoms with van der Waals surface area (Å²) < 4.78 is 1.97. The molecule has 2 N–H and O–H groups in total. The zero-order valence-corrected chi connectivity index (χ0v) is 15.1. The van der Waals surface area contributed by atoms with Crippen molar-refractivity contribution in [3.05, 3.63) is 42.0 Å². The molecule has 0 aromatic carbocycles. The number of aromatic nitrogens is 3. The van der Waals surface area contributed by atoms with Crippen LogP contribution in [0.1, 0.15) is 35.1 Å². The standard InChI is InChI=1S/C18H26N6O/c1-22-10-4-5-13(17(22)16-7-9-21-24(16)3)12-23(2)14-6-8-20-15(11-14)18(19)25/h6-9,11,13,17H,4-5,10,12H2,1-3H3,(H2,19,25)/t13-,17+/m0/s1. The van der Waals surface area contributed by atoms with Crippen molar-refractivity contribution >= 4 is 11.6 Å². The van der Waals surface area contributed by atoms with E-state index in [4.69, 9.17) is 5.73 Å². The number of piperidine rings is 1. The van der Waals surface area contributed by atoms with Gasteiger partial charge in [0.1, 0.15) is 5.69 Å². The Hall–Kier alpha value is -2.41. The minimum absolute atomic E-state index is 0.299. The molecule has 0 saturated carbocycles. The lowest BCUT2D eigenvalue weighted by Crippen LogP contribution is -2.41. The summed E-state index contributed by atoms with van der Waals surface area (Å²) >= 11 is 0. The van der Waals surface area contributed by atoms with E-state index in [1.165, 1.54) is 12.1 Å². The number of hydrogen-bond donors (Lipinski definition) is 1. The summed E-state index contributed by atoms with van der Waals surface area (Å²) in [4.78, 5) is 20.0. The average molecular weight is 342 g/mol. The van der Waals surface area contributed by atoms with Crippen LogP contribution < -0.4 is 10.6 Å². The third-order valence-electron chi connectivity index (χ3n) is 5.11. The molecule has 2 atom stereocenters. The third kappa shape index (κ3) is 3.66. The van der Waals surface area contributed by atoms with Gasteiger partial charge in [0, 0.05) is 38.7 Å². The lowest BCUT2D eigenvalue weighted by Gasteiger charge is -2.41. The Morgan fingerprint density at radius 3 is 2.84 bits per heavy atom. The molecular formula is C18H26N6O. The summed E-state index contributed by atoms with van der Waals surface area (Å²) in [7, 11) is 6.23. The first kappa shape index (κ1) is 17.4. The number of hydrogen-bond acceptors (Lipinski definition) is 5. The number of carbonyl (C=O) groups excluding carboxylic acids is 1. The molecule has 3 heterocycles. The number of anilines is 1. The number of amides is 1. The number of nitrogens with two attached hydrogens (primary N) is 1. The van der Waals surface area contributed by atoms with Crippen molar-refractivity contribution in [3.63, 3.8) is 0 Å². The molecule has 0 aliphatic carbocycles. The van der Waals surface area contributed by atoms with E-state index in [0.717, 1.165) is 25.2 Å². The number of pyridine rings is 1. The Morgan fingerprint density at radius 1 is 1.36 bits per heavy atom. The summed E-state index contributed by atoms with van der Waals surface area (Å²) in [6.07, 6.45) is 5.85. The van der Waals surface area contributed by atoms with Gasteiger partial charge in [0.25, 0.3) is 5.91 Å². The normalized spacial score (nSPS) is 21.2. The lowest BCUT2D eigenvalue weighted by atomic mass is 9.87. The van der Waals surface area contributed by atoms with Crippen molar-refractivity contribution in [2.75, 3.05) is 32.1 Å². The van der Waals surface area contributed by atoms with Crippen molar-refractivity contribution in [1.29, 1.82) is 0 Å². The van der Waals surface area contributed by atoms with Crippen LogP contribution in [-0.2, 0) is 7.05 Å². The van der Waals surface area contributed by atoms with E-state index in [2.05, 4.69) is 40.0 Å². The third-order valence-corrected chi connectivity index (χ3v) is 5.11. The zero-order valence-electron chi connectivity index (χ0n) is 15.1. The van der Waals surface area contributed by atoms with Crippen molar-refractivity contribution in [3.8, 4) is 0 Å². The van der Waals surface area contributed by atoms with Crippen LogP contribution >= 0.6 is 0 Å². The van der Waals surface area contributed by atoms with E-state index in [0.29, 0.717) is 17.7 Å². The maximum atomic E-state index is 11.4. The van der Waals surface area contributed by atoms with Gasteiger partial charge in [0.2, 0.25) is 0 Å². The maximum Gasteiger partial charge on any atom is 0.267 e. The second kappa shape index (κ2) is 7.23. The molecule has 0 radical (unpaired) electrons. The summed E-state index contributed by atoms with van der Waals surface area (Å²) in [5, 5.41) is 4.35. The van der Waals surface area contributed by atoms with E-state index in [1.54, 1.807) is 12.3 Å². The lowest BCUT2D eigenvalue weighted by molar-refractivity contribution is 0.0995. The number of nitrogens with zero attached hydrogens (tertiary/aromatic N) is 5. The summed E-state index contributed by atoms with van der Waals surface area (Å²) in [6, 6.07) is 6.12. The molecule has 25 heavy (non-hydrogen) atoms. The van der Waals surface area contributed by atoms with E-state index < -0.39 is 5.91 Å². The van der Waals surface area contributed by atoms with Crippen LogP contribution in [0, 0.1) is 5.92 Å². The predicted molar refractivity (Wildman–Crippen MR) is 97.3 cm³/mol. The molecule has 7 heteroatoms. The number of aryl methyl sites for hydroxylation is 1. The minimum atomic E-state index is -0.500. The Bertz CT molecular complexity index is 743. The SMILES string of the molecule is CN(C[C@@H]1CCCN(C)[C@H]1c1ccnn1C)c1ccnc(C(N)=O)c1. The molecule has 134 valence electrons. The molecule has 0 spiro atoms. The highest BCUT2D eigenvalue weighted by Gasteiger charge is 2.33. The molecule has 1 aliphatic heterocycles. The van der Waals surface area contributed by atoms with Gasteiger partial charge in [-0.25, -0.2) is 0 Å². The van der Waals surface area contributed by atoms with Crippen LogP contribution in [0.5, 0.6) is 0 Å². The van der Waals surface area contributed by atoms with Crippen molar-refractivity contribution in [1.82, 2.24) is 19.7 Å². The van der Waals surface area contributed by atoms with Crippen LogP contribution in [-0.4, -0.2) is 52.8 Å². The largest absolute Gasteiger partial charge is 0.374 e. The summed E-state index contributed by atoms with van der Waals surface area (Å²) in [5.41, 5.74) is 7.85. The monoisotopic (exact) mass is 342 g/mol. The van der Waals surface area contributed by atoms with Crippen molar-refractivity contribution in [2.45, 2.75) is 18.9 Å². The number of primary amides is 1. The van der Waals surface area contributed by atoms with Gasteiger partial charge in [-0.2, -0.15) is 5.10 Å². The quantitative estimate of drug-likeness (QED) is 0.889. The summed E-state index contributed by atoms with van der Waals surface area (Å²) in [6.45, 7) is 1.99. The fourth-order valence-corrected chi connectivity index (χ4v) is 3.84. The van der Waals surface area contributed by atoms with Gasteiger partial charge in [-0.1, -0.05) is 0 Å². The fraction of sp³-hybridized carbons (Fsp3) is 0.500. The minimum Gasteiger partial charge on any atom is -0.374 e. The van der Waals surface area contributed by atoms with Crippen LogP contribution in [0.15, 0.2) is 30.6 Å². The molecule has 2 aromatic heterocycles. The van der Waals surface area contributed by atoms with E-state index >= 15 is 0 Å². The molecule has 1 saturated heterocycles. The number of rotatable bonds is 5. The molecular weight excluding hydrogens is 316 g/mol. The van der Waals surface area contributed by atoms with E-state index in [9.17, 15) is 4.79 Å². The molecule has 2 aromatic rings. The smallest absolute Gasteiger partial charge is 0.267 e. The topological polar surface area (TPSA) is 80.3 Å². The summed E-state index contributed by atoms with van der Waals surface area (Å²) in [5.74, 6) is -0.0234. The van der Waals surface area contributed by atoms with E-state index in [-0.39, 0.29) is 0 Å². The molecule has 1 aliphatic rings. The maximum absolute atomic E-state index is 11.4. The molecule has 1 fully saturated rings.